The molecule has 6 heteroatoms. The van der Waals surface area contributed by atoms with Crippen molar-refractivity contribution in [2.75, 3.05) is 11.9 Å². The molecule has 0 saturated heterocycles. The van der Waals surface area contributed by atoms with Gasteiger partial charge in [0, 0.05) is 11.6 Å². The van der Waals surface area contributed by atoms with Gasteiger partial charge in [-0.05, 0) is 24.3 Å². The smallest absolute Gasteiger partial charge is 0.287 e. The van der Waals surface area contributed by atoms with Crippen LogP contribution in [0.25, 0.3) is 11.0 Å². The Morgan fingerprint density at radius 1 is 1.09 bits per heavy atom. The summed E-state index contributed by atoms with van der Waals surface area (Å²) in [5.41, 5.74) is 0.630. The molecule has 0 bridgehead atoms. The predicted octanol–water partition coefficient (Wildman–Crippen LogP) is 2.20. The van der Waals surface area contributed by atoms with Crippen molar-refractivity contribution in [2.45, 2.75) is 0 Å². The molecule has 0 atom stereocenters. The van der Waals surface area contributed by atoms with Crippen molar-refractivity contribution < 1.29 is 14.0 Å². The zero-order chi connectivity index (χ0) is 15.4. The van der Waals surface area contributed by atoms with E-state index in [-0.39, 0.29) is 18.2 Å². The van der Waals surface area contributed by atoms with Crippen molar-refractivity contribution in [2.24, 2.45) is 0 Å². The molecule has 0 aliphatic heterocycles. The Morgan fingerprint density at radius 3 is 2.68 bits per heavy atom. The third kappa shape index (κ3) is 3.12. The number of carbonyl (C=O) groups excluding carboxylic acids is 2. The topological polar surface area (TPSA) is 84.2 Å². The third-order valence-corrected chi connectivity index (χ3v) is 2.99. The van der Waals surface area contributed by atoms with Crippen molar-refractivity contribution in [3.8, 4) is 0 Å². The fourth-order valence-corrected chi connectivity index (χ4v) is 1.97. The van der Waals surface area contributed by atoms with Gasteiger partial charge in [-0.2, -0.15) is 0 Å². The quantitative estimate of drug-likeness (QED) is 0.772. The van der Waals surface area contributed by atoms with Crippen LogP contribution in [0.4, 0.5) is 5.82 Å². The summed E-state index contributed by atoms with van der Waals surface area (Å²) in [6, 6.07) is 14.1. The Kier molecular flexibility index (Phi) is 3.82. The highest BCUT2D eigenvalue weighted by molar-refractivity contribution is 5.99. The Bertz CT molecular complexity index is 779. The number of fused-ring (bicyclic) bond motifs is 1. The summed E-state index contributed by atoms with van der Waals surface area (Å²) >= 11 is 0. The van der Waals surface area contributed by atoms with Crippen molar-refractivity contribution >= 4 is 28.6 Å². The normalized spacial score (nSPS) is 10.4. The fourth-order valence-electron chi connectivity index (χ4n) is 1.97. The fraction of sp³-hybridized carbons (Fsp3) is 0.0625. The van der Waals surface area contributed by atoms with E-state index in [9.17, 15) is 9.59 Å². The maximum Gasteiger partial charge on any atom is 0.287 e. The highest BCUT2D eigenvalue weighted by atomic mass is 16.3. The van der Waals surface area contributed by atoms with Crippen LogP contribution >= 0.6 is 0 Å². The minimum Gasteiger partial charge on any atom is -0.451 e. The van der Waals surface area contributed by atoms with E-state index in [0.29, 0.717) is 11.4 Å². The first kappa shape index (κ1) is 13.8. The molecule has 0 spiro atoms. The SMILES string of the molecule is O=C(CNC(=O)c1cc2ccccc2o1)Nc1ccccn1. The maximum absolute atomic E-state index is 12.0. The molecule has 2 heterocycles. The summed E-state index contributed by atoms with van der Waals surface area (Å²) < 4.78 is 5.42. The largest absolute Gasteiger partial charge is 0.451 e. The molecule has 0 unspecified atom stereocenters. The molecular weight excluding hydrogens is 282 g/mol. The molecule has 1 aromatic carbocycles. The van der Waals surface area contributed by atoms with Crippen LogP contribution in [0.1, 0.15) is 10.6 Å². The van der Waals surface area contributed by atoms with Crippen molar-refractivity contribution in [3.05, 3.63) is 60.5 Å². The highest BCUT2D eigenvalue weighted by Gasteiger charge is 2.13. The molecule has 110 valence electrons. The van der Waals surface area contributed by atoms with E-state index in [4.69, 9.17) is 4.42 Å². The number of anilines is 1. The number of carbonyl (C=O) groups is 2. The van der Waals surface area contributed by atoms with Gasteiger partial charge in [-0.3, -0.25) is 9.59 Å². The summed E-state index contributed by atoms with van der Waals surface area (Å²) in [6.45, 7) is -0.160. The molecule has 0 saturated carbocycles. The molecular formula is C16H13N3O3. The van der Waals surface area contributed by atoms with Gasteiger partial charge < -0.3 is 15.1 Å². The molecule has 0 aliphatic rings. The van der Waals surface area contributed by atoms with Crippen molar-refractivity contribution in [3.63, 3.8) is 0 Å². The number of para-hydroxylation sites is 1. The van der Waals surface area contributed by atoms with Crippen molar-refractivity contribution in [1.82, 2.24) is 10.3 Å². The van der Waals surface area contributed by atoms with Gasteiger partial charge in [-0.1, -0.05) is 24.3 Å². The van der Waals surface area contributed by atoms with Crippen LogP contribution in [0.15, 0.2) is 59.1 Å². The number of hydrogen-bond donors (Lipinski definition) is 2. The van der Waals surface area contributed by atoms with Gasteiger partial charge in [0.1, 0.15) is 11.4 Å². The lowest BCUT2D eigenvalue weighted by atomic mass is 10.2. The van der Waals surface area contributed by atoms with Gasteiger partial charge in [0.25, 0.3) is 5.91 Å². The standard InChI is InChI=1S/C16H13N3O3/c20-15(19-14-7-3-4-8-17-14)10-18-16(21)13-9-11-5-1-2-6-12(11)22-13/h1-9H,10H2,(H,18,21)(H,17,19,20). The Balaban J connectivity index is 1.59. The van der Waals surface area contributed by atoms with Gasteiger partial charge in [0.2, 0.25) is 5.91 Å². The Morgan fingerprint density at radius 2 is 1.91 bits per heavy atom. The van der Waals surface area contributed by atoms with Crippen LogP contribution in [0.2, 0.25) is 0 Å². The van der Waals surface area contributed by atoms with E-state index in [1.165, 1.54) is 0 Å². The van der Waals surface area contributed by atoms with E-state index < -0.39 is 5.91 Å². The molecule has 0 aliphatic carbocycles. The molecule has 3 aromatic rings. The summed E-state index contributed by atoms with van der Waals surface area (Å²) in [5.74, 6) is -0.187. The Hall–Kier alpha value is -3.15. The third-order valence-electron chi connectivity index (χ3n) is 2.99. The van der Waals surface area contributed by atoms with Crippen LogP contribution < -0.4 is 10.6 Å². The number of nitrogens with one attached hydrogen (secondary N) is 2. The number of furan rings is 1. The predicted molar refractivity (Wildman–Crippen MR) is 81.4 cm³/mol. The molecule has 3 rings (SSSR count). The number of aromatic nitrogens is 1. The molecule has 6 nitrogen and oxygen atoms in total. The second-order valence-electron chi connectivity index (χ2n) is 4.59. The number of amides is 2. The second kappa shape index (κ2) is 6.09. The Labute approximate surface area is 126 Å². The number of pyridine rings is 1. The van der Waals surface area contributed by atoms with Gasteiger partial charge in [0.15, 0.2) is 5.76 Å². The van der Waals surface area contributed by atoms with E-state index in [0.717, 1.165) is 5.39 Å². The van der Waals surface area contributed by atoms with Gasteiger partial charge >= 0.3 is 0 Å². The van der Waals surface area contributed by atoms with Crippen LogP contribution in [0.3, 0.4) is 0 Å². The molecule has 2 aromatic heterocycles. The average Bonchev–Trinajstić information content (AvgIpc) is 2.98. The summed E-state index contributed by atoms with van der Waals surface area (Å²) in [6.07, 6.45) is 1.57. The zero-order valence-corrected chi connectivity index (χ0v) is 11.6. The lowest BCUT2D eigenvalue weighted by Gasteiger charge is -2.04. The molecule has 0 radical (unpaired) electrons. The van der Waals surface area contributed by atoms with Crippen LogP contribution in [-0.4, -0.2) is 23.3 Å². The van der Waals surface area contributed by atoms with E-state index in [1.54, 1.807) is 36.5 Å². The number of nitrogens with zero attached hydrogens (tertiary/aromatic N) is 1. The zero-order valence-electron chi connectivity index (χ0n) is 11.6. The number of benzene rings is 1. The summed E-state index contributed by atoms with van der Waals surface area (Å²) in [7, 11) is 0. The molecule has 2 N–H and O–H groups in total. The first-order valence-electron chi connectivity index (χ1n) is 6.70. The number of rotatable bonds is 4. The second-order valence-corrected chi connectivity index (χ2v) is 4.59. The van der Waals surface area contributed by atoms with Crippen LogP contribution in [0.5, 0.6) is 0 Å². The first-order chi connectivity index (χ1) is 10.7. The molecule has 2 amide bonds. The summed E-state index contributed by atoms with van der Waals surface area (Å²) in [5, 5.41) is 5.93. The lowest BCUT2D eigenvalue weighted by Crippen LogP contribution is -2.32. The van der Waals surface area contributed by atoms with Gasteiger partial charge in [-0.25, -0.2) is 4.98 Å². The minimum atomic E-state index is -0.438. The van der Waals surface area contributed by atoms with E-state index in [2.05, 4.69) is 15.6 Å². The number of hydrogen-bond acceptors (Lipinski definition) is 4. The van der Waals surface area contributed by atoms with E-state index >= 15 is 0 Å². The lowest BCUT2D eigenvalue weighted by molar-refractivity contribution is -0.115. The van der Waals surface area contributed by atoms with Crippen molar-refractivity contribution in [1.29, 1.82) is 0 Å². The first-order valence-corrected chi connectivity index (χ1v) is 6.70. The average molecular weight is 295 g/mol. The van der Waals surface area contributed by atoms with Gasteiger partial charge in [-0.15, -0.1) is 0 Å². The molecule has 22 heavy (non-hydrogen) atoms. The highest BCUT2D eigenvalue weighted by Crippen LogP contribution is 2.18. The monoisotopic (exact) mass is 295 g/mol. The maximum atomic E-state index is 12.0. The van der Waals surface area contributed by atoms with Crippen LogP contribution in [0, 0.1) is 0 Å². The molecule has 0 fully saturated rings. The minimum absolute atomic E-state index is 0.160. The van der Waals surface area contributed by atoms with Crippen LogP contribution in [-0.2, 0) is 4.79 Å². The summed E-state index contributed by atoms with van der Waals surface area (Å²) in [4.78, 5) is 27.7. The van der Waals surface area contributed by atoms with Gasteiger partial charge in [0.05, 0.1) is 6.54 Å². The van der Waals surface area contributed by atoms with E-state index in [1.807, 2.05) is 18.2 Å².